The van der Waals surface area contributed by atoms with Gasteiger partial charge in [-0.15, -0.1) is 12.4 Å². The largest absolute Gasteiger partial charge is 0.314 e. The van der Waals surface area contributed by atoms with Crippen molar-refractivity contribution in [2.75, 3.05) is 32.9 Å². The van der Waals surface area contributed by atoms with Crippen LogP contribution in [0, 0.1) is 5.82 Å². The van der Waals surface area contributed by atoms with Gasteiger partial charge in [0.05, 0.1) is 11.1 Å². The normalized spacial score (nSPS) is 18.2. The molecule has 0 aromatic heterocycles. The van der Waals surface area contributed by atoms with Gasteiger partial charge in [-0.25, -0.2) is 8.78 Å². The van der Waals surface area contributed by atoms with E-state index < -0.39 is 18.5 Å². The third kappa shape index (κ3) is 3.32. The van der Waals surface area contributed by atoms with Gasteiger partial charge in [-0.3, -0.25) is 4.90 Å². The second-order valence-electron chi connectivity index (χ2n) is 4.10. The number of benzene rings is 1. The summed E-state index contributed by atoms with van der Waals surface area (Å²) in [6.07, 6.45) is 0. The van der Waals surface area contributed by atoms with E-state index in [1.165, 1.54) is 6.07 Å². The van der Waals surface area contributed by atoms with Crippen molar-refractivity contribution in [1.82, 2.24) is 10.2 Å². The van der Waals surface area contributed by atoms with Crippen LogP contribution in [-0.4, -0.2) is 37.8 Å². The Bertz CT molecular complexity index is 384. The fraction of sp³-hybridized carbons (Fsp3) is 0.500. The Hall–Kier alpha value is -0.420. The van der Waals surface area contributed by atoms with Crippen molar-refractivity contribution in [3.63, 3.8) is 0 Å². The second-order valence-corrected chi connectivity index (χ2v) is 4.48. The molecule has 6 heteroatoms. The molecule has 1 aliphatic rings. The number of hydrogen-bond donors (Lipinski definition) is 1. The summed E-state index contributed by atoms with van der Waals surface area (Å²) in [5, 5.41) is 3.24. The van der Waals surface area contributed by atoms with E-state index in [0.717, 1.165) is 26.2 Å². The molecular formula is C12H16Cl2F2N2. The third-order valence-electron chi connectivity index (χ3n) is 3.08. The molecule has 0 radical (unpaired) electrons. The molecule has 0 unspecified atom stereocenters. The van der Waals surface area contributed by atoms with Gasteiger partial charge in [0.25, 0.3) is 0 Å². The molecule has 0 aliphatic carbocycles. The topological polar surface area (TPSA) is 15.3 Å². The van der Waals surface area contributed by atoms with E-state index in [4.69, 9.17) is 11.6 Å². The minimum Gasteiger partial charge on any atom is -0.314 e. The average molecular weight is 297 g/mol. The lowest BCUT2D eigenvalue weighted by Crippen LogP contribution is -2.45. The Balaban J connectivity index is 0.00000162. The van der Waals surface area contributed by atoms with Crippen molar-refractivity contribution >= 4 is 24.0 Å². The smallest absolute Gasteiger partial charge is 0.142 e. The van der Waals surface area contributed by atoms with E-state index in [1.807, 2.05) is 4.90 Å². The minimum absolute atomic E-state index is 0. The highest BCUT2D eigenvalue weighted by atomic mass is 35.5. The van der Waals surface area contributed by atoms with Crippen LogP contribution in [0.25, 0.3) is 0 Å². The van der Waals surface area contributed by atoms with Gasteiger partial charge in [-0.05, 0) is 11.6 Å². The molecule has 1 fully saturated rings. The van der Waals surface area contributed by atoms with Crippen molar-refractivity contribution < 1.29 is 8.78 Å². The van der Waals surface area contributed by atoms with Crippen molar-refractivity contribution in [3.05, 3.63) is 34.6 Å². The summed E-state index contributed by atoms with van der Waals surface area (Å²) < 4.78 is 26.6. The predicted octanol–water partition coefficient (Wildman–Crippen LogP) is 2.82. The first kappa shape index (κ1) is 15.6. The van der Waals surface area contributed by atoms with Crippen LogP contribution in [0.15, 0.2) is 18.2 Å². The van der Waals surface area contributed by atoms with Crippen LogP contribution in [0.5, 0.6) is 0 Å². The maximum atomic E-state index is 13.4. The fourth-order valence-electron chi connectivity index (χ4n) is 2.15. The van der Waals surface area contributed by atoms with Crippen LogP contribution in [0.3, 0.4) is 0 Å². The quantitative estimate of drug-likeness (QED) is 0.923. The monoisotopic (exact) mass is 296 g/mol. The number of hydrogen-bond acceptors (Lipinski definition) is 2. The van der Waals surface area contributed by atoms with E-state index in [9.17, 15) is 8.78 Å². The van der Waals surface area contributed by atoms with Gasteiger partial charge in [0.15, 0.2) is 0 Å². The van der Waals surface area contributed by atoms with Crippen LogP contribution in [0.1, 0.15) is 11.6 Å². The summed E-state index contributed by atoms with van der Waals surface area (Å²) in [4.78, 5) is 2.00. The summed E-state index contributed by atoms with van der Waals surface area (Å²) in [5.41, 5.74) is 0.538. The number of halogens is 4. The maximum absolute atomic E-state index is 13.4. The fourth-order valence-corrected chi connectivity index (χ4v) is 2.40. The second kappa shape index (κ2) is 7.24. The Morgan fingerprint density at radius 2 is 2.00 bits per heavy atom. The van der Waals surface area contributed by atoms with Gasteiger partial charge in [0.2, 0.25) is 0 Å². The van der Waals surface area contributed by atoms with Crippen molar-refractivity contribution in [2.45, 2.75) is 6.04 Å². The summed E-state index contributed by atoms with van der Waals surface area (Å²) >= 11 is 5.90. The number of nitrogens with one attached hydrogen (secondary N) is 1. The van der Waals surface area contributed by atoms with Crippen LogP contribution < -0.4 is 5.32 Å². The summed E-state index contributed by atoms with van der Waals surface area (Å²) in [5.74, 6) is -0.488. The zero-order chi connectivity index (χ0) is 12.3. The average Bonchev–Trinajstić information content (AvgIpc) is 2.37. The minimum atomic E-state index is -0.552. The van der Waals surface area contributed by atoms with Gasteiger partial charge < -0.3 is 5.32 Å². The molecule has 1 heterocycles. The first-order chi connectivity index (χ1) is 8.24. The lowest BCUT2D eigenvalue weighted by molar-refractivity contribution is 0.147. The van der Waals surface area contributed by atoms with E-state index in [2.05, 4.69) is 5.32 Å². The van der Waals surface area contributed by atoms with E-state index >= 15 is 0 Å². The molecule has 0 saturated carbocycles. The van der Waals surface area contributed by atoms with Gasteiger partial charge in [0.1, 0.15) is 12.5 Å². The van der Waals surface area contributed by atoms with Crippen LogP contribution in [0.2, 0.25) is 5.02 Å². The van der Waals surface area contributed by atoms with E-state index in [1.54, 1.807) is 12.1 Å². The van der Waals surface area contributed by atoms with Gasteiger partial charge in [0, 0.05) is 26.2 Å². The first-order valence-corrected chi connectivity index (χ1v) is 6.06. The van der Waals surface area contributed by atoms with Crippen molar-refractivity contribution in [3.8, 4) is 0 Å². The highest BCUT2D eigenvalue weighted by molar-refractivity contribution is 6.31. The molecule has 0 bridgehead atoms. The molecule has 18 heavy (non-hydrogen) atoms. The predicted molar refractivity (Wildman–Crippen MR) is 71.8 cm³/mol. The molecule has 0 amide bonds. The van der Waals surface area contributed by atoms with Gasteiger partial charge in [-0.2, -0.15) is 0 Å². The zero-order valence-corrected chi connectivity index (χ0v) is 11.4. The molecule has 2 rings (SSSR count). The number of rotatable bonds is 3. The lowest BCUT2D eigenvalue weighted by Gasteiger charge is -2.34. The molecule has 1 N–H and O–H groups in total. The molecule has 1 aromatic carbocycles. The number of piperazine rings is 1. The molecule has 0 spiro atoms. The molecule has 1 saturated heterocycles. The first-order valence-electron chi connectivity index (χ1n) is 5.68. The summed E-state index contributed by atoms with van der Waals surface area (Å²) in [7, 11) is 0. The highest BCUT2D eigenvalue weighted by Gasteiger charge is 2.24. The number of nitrogens with zero attached hydrogens (tertiary/aromatic N) is 1. The molecule has 1 aliphatic heterocycles. The Morgan fingerprint density at radius 1 is 1.33 bits per heavy atom. The lowest BCUT2D eigenvalue weighted by atomic mass is 10.1. The third-order valence-corrected chi connectivity index (χ3v) is 3.48. The maximum Gasteiger partial charge on any atom is 0.142 e. The van der Waals surface area contributed by atoms with Gasteiger partial charge >= 0.3 is 0 Å². The SMILES string of the molecule is Cl.FC[C@H](c1cccc(F)c1Cl)N1CCNCC1. The number of alkyl halides is 1. The molecule has 2 nitrogen and oxygen atoms in total. The Morgan fingerprint density at radius 3 is 2.61 bits per heavy atom. The van der Waals surface area contributed by atoms with E-state index in [0.29, 0.717) is 5.56 Å². The van der Waals surface area contributed by atoms with Gasteiger partial charge in [-0.1, -0.05) is 23.7 Å². The van der Waals surface area contributed by atoms with Crippen LogP contribution >= 0.6 is 24.0 Å². The summed E-state index contributed by atoms with van der Waals surface area (Å²) in [6, 6.07) is 4.11. The highest BCUT2D eigenvalue weighted by Crippen LogP contribution is 2.30. The molecule has 102 valence electrons. The molecular weight excluding hydrogens is 281 g/mol. The Labute approximate surface area is 117 Å². The standard InChI is InChI=1S/C12H15ClF2N2.ClH/c13-12-9(2-1-3-10(12)15)11(8-14)17-6-4-16-5-7-17;/h1-3,11,16H,4-8H2;1H/t11-;/m1./s1. The summed E-state index contributed by atoms with van der Waals surface area (Å²) in [6.45, 7) is 2.60. The van der Waals surface area contributed by atoms with Crippen molar-refractivity contribution in [1.29, 1.82) is 0 Å². The van der Waals surface area contributed by atoms with Crippen molar-refractivity contribution in [2.24, 2.45) is 0 Å². The van der Waals surface area contributed by atoms with E-state index in [-0.39, 0.29) is 17.4 Å². The zero-order valence-electron chi connectivity index (χ0n) is 9.83. The Kier molecular flexibility index (Phi) is 6.29. The molecule has 1 aromatic rings. The van der Waals surface area contributed by atoms with Crippen LogP contribution in [0.4, 0.5) is 8.78 Å². The molecule has 1 atom stereocenters. The van der Waals surface area contributed by atoms with Crippen LogP contribution in [-0.2, 0) is 0 Å².